The Hall–Kier alpha value is -1.02. The summed E-state index contributed by atoms with van der Waals surface area (Å²) >= 11 is 0. The summed E-state index contributed by atoms with van der Waals surface area (Å²) in [5.74, 6) is 0. The number of hydrogen-bond donors (Lipinski definition) is 2. The highest BCUT2D eigenvalue weighted by atomic mass is 16.3. The Morgan fingerprint density at radius 1 is 1.54 bits per heavy atom. The zero-order chi connectivity index (χ0) is 10.0. The lowest BCUT2D eigenvalue weighted by atomic mass is 10.1. The quantitative estimate of drug-likeness (QED) is 0.718. The Morgan fingerprint density at radius 3 is 2.54 bits per heavy atom. The smallest absolute Gasteiger partial charge is 0.0722 e. The first-order chi connectivity index (χ1) is 6.00. The zero-order valence-corrected chi connectivity index (χ0v) is 8.68. The van der Waals surface area contributed by atoms with Crippen LogP contribution in [0, 0.1) is 13.8 Å². The molecule has 0 saturated carbocycles. The Kier molecular flexibility index (Phi) is 2.94. The zero-order valence-electron chi connectivity index (χ0n) is 8.68. The molecule has 1 atom stereocenters. The summed E-state index contributed by atoms with van der Waals surface area (Å²) in [5, 5.41) is 9.30. The van der Waals surface area contributed by atoms with E-state index < -0.39 is 0 Å². The number of aliphatic hydroxyl groups excluding tert-OH is 1. The standard InChI is InChI=1S/C11H17NO/c1-7(10(4)13)5-11-6-8(2)12-9(11)3/h5-6,10,12-13H,1-4H3/b7-5+. The van der Waals surface area contributed by atoms with Crippen molar-refractivity contribution in [2.24, 2.45) is 0 Å². The lowest BCUT2D eigenvalue weighted by Gasteiger charge is -2.03. The highest BCUT2D eigenvalue weighted by molar-refractivity contribution is 5.56. The van der Waals surface area contributed by atoms with Crippen molar-refractivity contribution in [3.63, 3.8) is 0 Å². The lowest BCUT2D eigenvalue weighted by molar-refractivity contribution is 0.232. The fourth-order valence-corrected chi connectivity index (χ4v) is 1.26. The van der Waals surface area contributed by atoms with Gasteiger partial charge in [-0.2, -0.15) is 0 Å². The van der Waals surface area contributed by atoms with Crippen LogP contribution in [0.2, 0.25) is 0 Å². The first-order valence-corrected chi connectivity index (χ1v) is 4.53. The van der Waals surface area contributed by atoms with Crippen LogP contribution in [0.4, 0.5) is 0 Å². The summed E-state index contributed by atoms with van der Waals surface area (Å²) in [6, 6.07) is 2.08. The molecule has 0 aromatic carbocycles. The molecule has 1 rings (SSSR count). The third kappa shape index (κ3) is 2.46. The third-order valence-corrected chi connectivity index (χ3v) is 2.23. The maximum atomic E-state index is 9.30. The van der Waals surface area contributed by atoms with Gasteiger partial charge in [-0.25, -0.2) is 0 Å². The molecule has 0 bridgehead atoms. The molecule has 0 aliphatic heterocycles. The van der Waals surface area contributed by atoms with Crippen molar-refractivity contribution in [1.29, 1.82) is 0 Å². The molecular formula is C11H17NO. The summed E-state index contributed by atoms with van der Waals surface area (Å²) in [6.45, 7) is 7.78. The van der Waals surface area contributed by atoms with Gasteiger partial charge in [-0.05, 0) is 44.9 Å². The van der Waals surface area contributed by atoms with Crippen molar-refractivity contribution >= 4 is 6.08 Å². The number of aliphatic hydroxyl groups is 1. The molecule has 0 aliphatic rings. The molecular weight excluding hydrogens is 162 g/mol. The number of H-pyrrole nitrogens is 1. The Morgan fingerprint density at radius 2 is 2.15 bits per heavy atom. The number of aryl methyl sites for hydroxylation is 2. The van der Waals surface area contributed by atoms with Crippen LogP contribution in [-0.4, -0.2) is 16.2 Å². The van der Waals surface area contributed by atoms with Crippen molar-refractivity contribution in [3.05, 3.63) is 28.6 Å². The van der Waals surface area contributed by atoms with Gasteiger partial charge < -0.3 is 10.1 Å². The van der Waals surface area contributed by atoms with Crippen LogP contribution in [0.5, 0.6) is 0 Å². The summed E-state index contributed by atoms with van der Waals surface area (Å²) in [6.07, 6.45) is 1.65. The van der Waals surface area contributed by atoms with Crippen molar-refractivity contribution < 1.29 is 5.11 Å². The summed E-state index contributed by atoms with van der Waals surface area (Å²) < 4.78 is 0. The molecule has 1 heterocycles. The van der Waals surface area contributed by atoms with E-state index in [9.17, 15) is 5.11 Å². The van der Waals surface area contributed by atoms with Crippen LogP contribution >= 0.6 is 0 Å². The van der Waals surface area contributed by atoms with Gasteiger partial charge in [-0.15, -0.1) is 0 Å². The van der Waals surface area contributed by atoms with Crippen LogP contribution < -0.4 is 0 Å². The second-order valence-electron chi connectivity index (χ2n) is 3.60. The van der Waals surface area contributed by atoms with Crippen LogP contribution in [0.15, 0.2) is 11.6 Å². The van der Waals surface area contributed by atoms with Gasteiger partial charge in [-0.1, -0.05) is 6.08 Å². The molecule has 1 unspecified atom stereocenters. The van der Waals surface area contributed by atoms with Gasteiger partial charge in [0.15, 0.2) is 0 Å². The SMILES string of the molecule is C/C(=C\c1cc(C)[nH]c1C)C(C)O. The molecule has 0 fully saturated rings. The molecule has 0 radical (unpaired) electrons. The first kappa shape index (κ1) is 10.1. The van der Waals surface area contributed by atoms with E-state index in [-0.39, 0.29) is 6.10 Å². The summed E-state index contributed by atoms with van der Waals surface area (Å²) in [5.41, 5.74) is 4.46. The maximum absolute atomic E-state index is 9.30. The van der Waals surface area contributed by atoms with E-state index in [1.54, 1.807) is 6.92 Å². The Balaban J connectivity index is 2.96. The highest BCUT2D eigenvalue weighted by Crippen LogP contribution is 2.14. The molecule has 1 aromatic heterocycles. The van der Waals surface area contributed by atoms with Gasteiger partial charge in [0.25, 0.3) is 0 Å². The Bertz CT molecular complexity index is 321. The number of rotatable bonds is 2. The van der Waals surface area contributed by atoms with Gasteiger partial charge in [-0.3, -0.25) is 0 Å². The predicted octanol–water partition coefficient (Wildman–Crippen LogP) is 2.42. The molecule has 72 valence electrons. The second-order valence-corrected chi connectivity index (χ2v) is 3.60. The average molecular weight is 179 g/mol. The molecule has 2 nitrogen and oxygen atoms in total. The Labute approximate surface area is 79.3 Å². The minimum atomic E-state index is -0.366. The second kappa shape index (κ2) is 3.79. The van der Waals surface area contributed by atoms with E-state index >= 15 is 0 Å². The fraction of sp³-hybridized carbons (Fsp3) is 0.455. The number of hydrogen-bond acceptors (Lipinski definition) is 1. The molecule has 1 aromatic rings. The number of aromatic amines is 1. The number of aromatic nitrogens is 1. The third-order valence-electron chi connectivity index (χ3n) is 2.23. The van der Waals surface area contributed by atoms with E-state index in [0.717, 1.165) is 22.5 Å². The van der Waals surface area contributed by atoms with Gasteiger partial charge in [0.1, 0.15) is 0 Å². The molecule has 2 N–H and O–H groups in total. The van der Waals surface area contributed by atoms with Crippen molar-refractivity contribution in [1.82, 2.24) is 4.98 Å². The van der Waals surface area contributed by atoms with E-state index in [1.165, 1.54) is 0 Å². The number of nitrogens with one attached hydrogen (secondary N) is 1. The normalized spacial score (nSPS) is 14.7. The molecule has 0 amide bonds. The van der Waals surface area contributed by atoms with Crippen LogP contribution in [0.3, 0.4) is 0 Å². The minimum absolute atomic E-state index is 0.366. The molecule has 2 heteroatoms. The molecule has 0 spiro atoms. The topological polar surface area (TPSA) is 36.0 Å². The van der Waals surface area contributed by atoms with Crippen molar-refractivity contribution in [3.8, 4) is 0 Å². The summed E-state index contributed by atoms with van der Waals surface area (Å²) in [7, 11) is 0. The van der Waals surface area contributed by atoms with Gasteiger partial charge in [0.2, 0.25) is 0 Å². The highest BCUT2D eigenvalue weighted by Gasteiger charge is 2.02. The first-order valence-electron chi connectivity index (χ1n) is 4.53. The molecule has 0 saturated heterocycles. The summed E-state index contributed by atoms with van der Waals surface area (Å²) in [4.78, 5) is 3.23. The van der Waals surface area contributed by atoms with E-state index in [4.69, 9.17) is 0 Å². The lowest BCUT2D eigenvalue weighted by Crippen LogP contribution is -2.00. The van der Waals surface area contributed by atoms with Gasteiger partial charge >= 0.3 is 0 Å². The van der Waals surface area contributed by atoms with Gasteiger partial charge in [0, 0.05) is 11.4 Å². The van der Waals surface area contributed by atoms with Crippen LogP contribution in [0.1, 0.15) is 30.8 Å². The predicted molar refractivity (Wildman–Crippen MR) is 55.6 cm³/mol. The molecule has 13 heavy (non-hydrogen) atoms. The largest absolute Gasteiger partial charge is 0.389 e. The van der Waals surface area contributed by atoms with Crippen molar-refractivity contribution in [2.75, 3.05) is 0 Å². The van der Waals surface area contributed by atoms with Crippen molar-refractivity contribution in [2.45, 2.75) is 33.8 Å². The van der Waals surface area contributed by atoms with Crippen LogP contribution in [0.25, 0.3) is 6.08 Å². The van der Waals surface area contributed by atoms with E-state index in [1.807, 2.05) is 26.8 Å². The van der Waals surface area contributed by atoms with Gasteiger partial charge in [0.05, 0.1) is 6.10 Å². The van der Waals surface area contributed by atoms with E-state index in [2.05, 4.69) is 11.1 Å². The van der Waals surface area contributed by atoms with Crippen LogP contribution in [-0.2, 0) is 0 Å². The molecule has 0 aliphatic carbocycles. The minimum Gasteiger partial charge on any atom is -0.389 e. The van der Waals surface area contributed by atoms with E-state index in [0.29, 0.717) is 0 Å². The monoisotopic (exact) mass is 179 g/mol. The average Bonchev–Trinajstić information content (AvgIpc) is 2.30. The fourth-order valence-electron chi connectivity index (χ4n) is 1.26. The maximum Gasteiger partial charge on any atom is 0.0722 e.